The Morgan fingerprint density at radius 3 is 2.40 bits per heavy atom. The van der Waals surface area contributed by atoms with Gasteiger partial charge in [-0.2, -0.15) is 5.10 Å². The standard InChI is InChI=1S/C31H40N8O/c1-3-40-27-7-5-4-6-23(27)20-33-24-10-8-22(9-11-24)29-28-30(32)34-21-35-31(28)39(36-29)26-14-12-25(13-15-26)38-18-16-37(2)17-19-38/h4-11,21,25-26,33H,3,12-20H2,1-2H3,(H2,32,34,35)/t25-,26+. The number of para-hydroxylation sites is 1. The predicted molar refractivity (Wildman–Crippen MR) is 160 cm³/mol. The fourth-order valence-corrected chi connectivity index (χ4v) is 6.20. The van der Waals surface area contributed by atoms with E-state index in [1.807, 2.05) is 25.1 Å². The molecule has 2 fully saturated rings. The lowest BCUT2D eigenvalue weighted by Gasteiger charge is -2.41. The van der Waals surface area contributed by atoms with Crippen molar-refractivity contribution in [2.45, 2.75) is 51.2 Å². The van der Waals surface area contributed by atoms with Crippen LogP contribution in [0.5, 0.6) is 5.75 Å². The summed E-state index contributed by atoms with van der Waals surface area (Å²) in [7, 11) is 2.22. The molecule has 0 amide bonds. The zero-order valence-corrected chi connectivity index (χ0v) is 23.6. The molecule has 0 unspecified atom stereocenters. The van der Waals surface area contributed by atoms with Gasteiger partial charge in [0.25, 0.3) is 0 Å². The molecule has 2 aromatic heterocycles. The molecule has 3 heterocycles. The minimum absolute atomic E-state index is 0.320. The van der Waals surface area contributed by atoms with Crippen LogP contribution in [0.4, 0.5) is 11.5 Å². The summed E-state index contributed by atoms with van der Waals surface area (Å²) in [5.41, 5.74) is 11.3. The van der Waals surface area contributed by atoms with Crippen molar-refractivity contribution >= 4 is 22.5 Å². The SMILES string of the molecule is CCOc1ccccc1CNc1ccc(-c2nn([C@H]3CC[C@@H](N4CCN(C)CC4)CC3)c3ncnc(N)c23)cc1. The van der Waals surface area contributed by atoms with Crippen molar-refractivity contribution in [3.63, 3.8) is 0 Å². The van der Waals surface area contributed by atoms with E-state index < -0.39 is 0 Å². The van der Waals surface area contributed by atoms with Crippen LogP contribution < -0.4 is 15.8 Å². The number of anilines is 2. The third-order valence-corrected chi connectivity index (χ3v) is 8.50. The van der Waals surface area contributed by atoms with Gasteiger partial charge in [0.2, 0.25) is 0 Å². The molecular formula is C31H40N8O. The largest absolute Gasteiger partial charge is 0.494 e. The number of nitrogens with zero attached hydrogens (tertiary/aromatic N) is 6. The number of likely N-dealkylation sites (N-methyl/N-ethyl adjacent to an activating group) is 1. The molecule has 3 N–H and O–H groups in total. The van der Waals surface area contributed by atoms with E-state index in [9.17, 15) is 0 Å². The molecule has 0 spiro atoms. The lowest BCUT2D eigenvalue weighted by Crippen LogP contribution is -2.49. The average Bonchev–Trinajstić information content (AvgIpc) is 3.39. The van der Waals surface area contributed by atoms with E-state index >= 15 is 0 Å². The fourth-order valence-electron chi connectivity index (χ4n) is 6.20. The van der Waals surface area contributed by atoms with Gasteiger partial charge in [-0.05, 0) is 57.9 Å². The van der Waals surface area contributed by atoms with E-state index in [2.05, 4.69) is 67.1 Å². The maximum atomic E-state index is 6.41. The highest BCUT2D eigenvalue weighted by Gasteiger charge is 2.30. The van der Waals surface area contributed by atoms with Gasteiger partial charge in [0.15, 0.2) is 5.65 Å². The van der Waals surface area contributed by atoms with Crippen molar-refractivity contribution < 1.29 is 4.74 Å². The maximum absolute atomic E-state index is 6.41. The van der Waals surface area contributed by atoms with E-state index in [1.54, 1.807) is 6.33 Å². The monoisotopic (exact) mass is 540 g/mol. The van der Waals surface area contributed by atoms with Crippen molar-refractivity contribution in [2.24, 2.45) is 0 Å². The molecular weight excluding hydrogens is 500 g/mol. The summed E-state index contributed by atoms with van der Waals surface area (Å²) in [4.78, 5) is 14.1. The Balaban J connectivity index is 1.19. The van der Waals surface area contributed by atoms with Crippen LogP contribution in [-0.4, -0.2) is 75.4 Å². The van der Waals surface area contributed by atoms with Crippen molar-refractivity contribution in [1.82, 2.24) is 29.5 Å². The zero-order valence-electron chi connectivity index (χ0n) is 23.6. The van der Waals surface area contributed by atoms with Crippen molar-refractivity contribution in [2.75, 3.05) is 50.9 Å². The molecule has 0 atom stereocenters. The van der Waals surface area contributed by atoms with Crippen LogP contribution in [0.25, 0.3) is 22.3 Å². The van der Waals surface area contributed by atoms with Crippen LogP contribution in [0, 0.1) is 0 Å². The Morgan fingerprint density at radius 1 is 0.925 bits per heavy atom. The van der Waals surface area contributed by atoms with Crippen LogP contribution in [0.1, 0.15) is 44.2 Å². The Morgan fingerprint density at radius 2 is 1.65 bits per heavy atom. The van der Waals surface area contributed by atoms with Gasteiger partial charge in [0, 0.05) is 55.6 Å². The van der Waals surface area contributed by atoms with Crippen LogP contribution in [-0.2, 0) is 6.54 Å². The van der Waals surface area contributed by atoms with Crippen molar-refractivity contribution in [3.05, 3.63) is 60.4 Å². The highest BCUT2D eigenvalue weighted by atomic mass is 16.5. The molecule has 210 valence electrons. The van der Waals surface area contributed by atoms with E-state index in [-0.39, 0.29) is 0 Å². The smallest absolute Gasteiger partial charge is 0.164 e. The Kier molecular flexibility index (Phi) is 7.84. The Hall–Kier alpha value is -3.69. The number of hydrogen-bond acceptors (Lipinski definition) is 8. The van der Waals surface area contributed by atoms with Gasteiger partial charge >= 0.3 is 0 Å². The summed E-state index contributed by atoms with van der Waals surface area (Å²) in [6, 6.07) is 17.5. The minimum atomic E-state index is 0.320. The summed E-state index contributed by atoms with van der Waals surface area (Å²) < 4.78 is 7.89. The Bertz CT molecular complexity index is 1420. The summed E-state index contributed by atoms with van der Waals surface area (Å²) in [6.45, 7) is 8.02. The number of benzene rings is 2. The summed E-state index contributed by atoms with van der Waals surface area (Å²) in [6.07, 6.45) is 6.14. The Labute approximate surface area is 236 Å². The molecule has 1 saturated carbocycles. The first kappa shape index (κ1) is 26.5. The van der Waals surface area contributed by atoms with Gasteiger partial charge in [-0.15, -0.1) is 0 Å². The normalized spacial score (nSPS) is 20.6. The summed E-state index contributed by atoms with van der Waals surface area (Å²) in [5, 5.41) is 9.48. The molecule has 9 nitrogen and oxygen atoms in total. The molecule has 1 saturated heterocycles. The number of fused-ring (bicyclic) bond motifs is 1. The number of rotatable bonds is 8. The van der Waals surface area contributed by atoms with Gasteiger partial charge in [-0.1, -0.05) is 30.3 Å². The first-order valence-corrected chi connectivity index (χ1v) is 14.6. The molecule has 2 aliphatic rings. The summed E-state index contributed by atoms with van der Waals surface area (Å²) in [5.74, 6) is 1.39. The molecule has 1 aliphatic heterocycles. The molecule has 1 aliphatic carbocycles. The number of ether oxygens (including phenoxy) is 1. The van der Waals surface area contributed by atoms with Crippen LogP contribution >= 0.6 is 0 Å². The second-order valence-electron chi connectivity index (χ2n) is 11.0. The van der Waals surface area contributed by atoms with Crippen LogP contribution in [0.3, 0.4) is 0 Å². The van der Waals surface area contributed by atoms with Crippen molar-refractivity contribution in [3.8, 4) is 17.0 Å². The van der Waals surface area contributed by atoms with Crippen LogP contribution in [0.15, 0.2) is 54.9 Å². The number of hydrogen-bond donors (Lipinski definition) is 2. The molecule has 6 rings (SSSR count). The third kappa shape index (κ3) is 5.48. The van der Waals surface area contributed by atoms with E-state index in [1.165, 1.54) is 25.9 Å². The average molecular weight is 541 g/mol. The topological polar surface area (TPSA) is 97.4 Å². The molecule has 0 radical (unpaired) electrons. The fraction of sp³-hybridized carbons (Fsp3) is 0.452. The van der Waals surface area contributed by atoms with Gasteiger partial charge in [-0.3, -0.25) is 4.90 Å². The number of nitrogen functional groups attached to an aromatic ring is 1. The molecule has 40 heavy (non-hydrogen) atoms. The highest BCUT2D eigenvalue weighted by molar-refractivity contribution is 5.98. The molecule has 0 bridgehead atoms. The number of nitrogens with two attached hydrogens (primary N) is 1. The van der Waals surface area contributed by atoms with Gasteiger partial charge in [-0.25, -0.2) is 14.6 Å². The van der Waals surface area contributed by atoms with Gasteiger partial charge in [0.1, 0.15) is 23.6 Å². The lowest BCUT2D eigenvalue weighted by molar-refractivity contribution is 0.0815. The molecule has 4 aromatic rings. The first-order valence-electron chi connectivity index (χ1n) is 14.6. The number of aromatic nitrogens is 4. The zero-order chi connectivity index (χ0) is 27.5. The van der Waals surface area contributed by atoms with Gasteiger partial charge in [0.05, 0.1) is 18.0 Å². The number of nitrogens with one attached hydrogen (secondary N) is 1. The maximum Gasteiger partial charge on any atom is 0.164 e. The molecule has 9 heteroatoms. The second-order valence-corrected chi connectivity index (χ2v) is 11.0. The summed E-state index contributed by atoms with van der Waals surface area (Å²) >= 11 is 0. The highest BCUT2D eigenvalue weighted by Crippen LogP contribution is 2.37. The third-order valence-electron chi connectivity index (χ3n) is 8.50. The van der Waals surface area contributed by atoms with E-state index in [0.29, 0.717) is 31.1 Å². The predicted octanol–water partition coefficient (Wildman–Crippen LogP) is 4.82. The lowest BCUT2D eigenvalue weighted by atomic mass is 9.90. The minimum Gasteiger partial charge on any atom is -0.494 e. The first-order chi connectivity index (χ1) is 19.6. The van der Waals surface area contributed by atoms with E-state index in [0.717, 1.165) is 65.2 Å². The van der Waals surface area contributed by atoms with Crippen LogP contribution in [0.2, 0.25) is 0 Å². The van der Waals surface area contributed by atoms with Crippen molar-refractivity contribution in [1.29, 1.82) is 0 Å². The van der Waals surface area contributed by atoms with Gasteiger partial charge < -0.3 is 20.7 Å². The molecule has 2 aromatic carbocycles. The number of piperazine rings is 1. The van der Waals surface area contributed by atoms with E-state index in [4.69, 9.17) is 15.6 Å². The second kappa shape index (κ2) is 11.8. The quantitative estimate of drug-likeness (QED) is 0.328.